The minimum absolute atomic E-state index is 0.0182. The summed E-state index contributed by atoms with van der Waals surface area (Å²) in [6.45, 7) is -0.487. The number of hydrogen-bond donors (Lipinski definition) is 0. The Hall–Kier alpha value is -0.970. The fourth-order valence-electron chi connectivity index (χ4n) is 1.27. The van der Waals surface area contributed by atoms with Crippen molar-refractivity contribution in [2.45, 2.75) is 12.2 Å². The van der Waals surface area contributed by atoms with Crippen molar-refractivity contribution in [1.29, 1.82) is 0 Å². The van der Waals surface area contributed by atoms with Crippen LogP contribution in [-0.2, 0) is 28.6 Å². The van der Waals surface area contributed by atoms with Crippen molar-refractivity contribution in [3.05, 3.63) is 10.4 Å². The molecule has 2 atom stereocenters. The number of rotatable bonds is 8. The molecule has 0 aliphatic carbocycles. The van der Waals surface area contributed by atoms with Crippen LogP contribution in [0.25, 0.3) is 0 Å². The Morgan fingerprint density at radius 3 is 1.76 bits per heavy atom. The summed E-state index contributed by atoms with van der Waals surface area (Å²) in [5, 5.41) is 22.5. The van der Waals surface area contributed by atoms with E-state index in [0.717, 1.165) is 0 Å². The Kier molecular flexibility index (Phi) is 6.15. The summed E-state index contributed by atoms with van der Waals surface area (Å²) in [5.74, 6) is 0. The average molecular weight is 421 g/mol. The molecule has 0 aromatic rings. The first-order valence-corrected chi connectivity index (χ1v) is 7.48. The molecular formula is C8H10IN2O10-3. The Morgan fingerprint density at radius 1 is 1.00 bits per heavy atom. The molecule has 13 heteroatoms. The predicted octanol–water partition coefficient (Wildman–Crippen LogP) is -3.56. The molecule has 2 aliphatic heterocycles. The van der Waals surface area contributed by atoms with Gasteiger partial charge in [-0.15, -0.1) is 0 Å². The SMILES string of the molecule is O=C1OCC(CON([O-])[I-]N([O-])OCC2COC(=O)O2)O1. The van der Waals surface area contributed by atoms with Crippen LogP contribution in [0, 0.1) is 10.4 Å². The molecular weight excluding hydrogens is 411 g/mol. The normalized spacial score (nSPS) is 25.1. The molecule has 0 N–H and O–H groups in total. The molecule has 0 bridgehead atoms. The van der Waals surface area contributed by atoms with Crippen molar-refractivity contribution >= 4 is 12.3 Å². The summed E-state index contributed by atoms with van der Waals surface area (Å²) in [6.07, 6.45) is -3.04. The van der Waals surface area contributed by atoms with Crippen molar-refractivity contribution < 1.29 is 60.0 Å². The molecule has 0 amide bonds. The molecule has 2 heterocycles. The van der Waals surface area contributed by atoms with Gasteiger partial charge in [-0.2, -0.15) is 0 Å². The summed E-state index contributed by atoms with van der Waals surface area (Å²) in [5.41, 5.74) is 0. The summed E-state index contributed by atoms with van der Waals surface area (Å²) >= 11 is -1.82. The third-order valence-corrected chi connectivity index (χ3v) is 3.41. The average Bonchev–Trinajstić information content (AvgIpc) is 3.03. The number of nitrogens with zero attached hydrogens (tertiary/aromatic N) is 2. The monoisotopic (exact) mass is 421 g/mol. The van der Waals surface area contributed by atoms with E-state index >= 15 is 0 Å². The number of cyclic esters (lactones) is 4. The molecule has 21 heavy (non-hydrogen) atoms. The van der Waals surface area contributed by atoms with Crippen LogP contribution in [0.4, 0.5) is 9.59 Å². The third kappa shape index (κ3) is 5.73. The molecule has 122 valence electrons. The van der Waals surface area contributed by atoms with Crippen LogP contribution in [0.2, 0.25) is 0 Å². The third-order valence-electron chi connectivity index (χ3n) is 2.15. The molecule has 2 fully saturated rings. The summed E-state index contributed by atoms with van der Waals surface area (Å²) in [4.78, 5) is 30.5. The summed E-state index contributed by atoms with van der Waals surface area (Å²) in [7, 11) is 0. The second-order valence-corrected chi connectivity index (χ2v) is 5.70. The molecule has 2 rings (SSSR count). The van der Waals surface area contributed by atoms with E-state index in [1.807, 2.05) is 0 Å². The molecule has 12 nitrogen and oxygen atoms in total. The second kappa shape index (κ2) is 7.87. The Bertz CT molecular complexity index is 350. The van der Waals surface area contributed by atoms with E-state index in [0.29, 0.717) is 0 Å². The predicted molar refractivity (Wildman–Crippen MR) is 54.8 cm³/mol. The van der Waals surface area contributed by atoms with Crippen molar-refractivity contribution in [3.8, 4) is 0 Å². The maximum absolute atomic E-state index is 11.3. The maximum atomic E-state index is 11.3. The van der Waals surface area contributed by atoms with E-state index in [2.05, 4.69) is 28.6 Å². The Balaban J connectivity index is 1.55. The molecule has 0 radical (unpaired) electrons. The topological polar surface area (TPSA) is 142 Å². The van der Waals surface area contributed by atoms with Crippen LogP contribution in [0.15, 0.2) is 0 Å². The first-order chi connectivity index (χ1) is 10.0. The van der Waals surface area contributed by atoms with Gasteiger partial charge in [0.1, 0.15) is 0 Å². The number of hydrogen-bond acceptors (Lipinski definition) is 12. The van der Waals surface area contributed by atoms with Crippen molar-refractivity contribution in [3.63, 3.8) is 0 Å². The fraction of sp³-hybridized carbons (Fsp3) is 0.750. The molecule has 0 saturated carbocycles. The van der Waals surface area contributed by atoms with Gasteiger partial charge in [-0.25, -0.2) is 0 Å². The van der Waals surface area contributed by atoms with Crippen LogP contribution in [0.1, 0.15) is 0 Å². The zero-order valence-electron chi connectivity index (χ0n) is 10.3. The van der Waals surface area contributed by atoms with Crippen molar-refractivity contribution in [1.82, 2.24) is 6.88 Å². The molecule has 0 aromatic carbocycles. The second-order valence-electron chi connectivity index (χ2n) is 3.69. The van der Waals surface area contributed by atoms with Crippen LogP contribution in [-0.4, -0.2) is 57.8 Å². The Morgan fingerprint density at radius 2 is 1.43 bits per heavy atom. The van der Waals surface area contributed by atoms with E-state index in [1.165, 1.54) is 0 Å². The molecule has 2 saturated heterocycles. The summed E-state index contributed by atoms with van der Waals surface area (Å²) < 4.78 is 18.3. The van der Waals surface area contributed by atoms with Crippen LogP contribution >= 0.6 is 0 Å². The molecule has 2 aliphatic rings. The Labute approximate surface area is 128 Å². The van der Waals surface area contributed by atoms with Gasteiger partial charge >= 0.3 is 128 Å². The minimum atomic E-state index is -1.82. The first-order valence-electron chi connectivity index (χ1n) is 5.55. The van der Waals surface area contributed by atoms with Crippen LogP contribution in [0.5, 0.6) is 0 Å². The van der Waals surface area contributed by atoms with E-state index in [4.69, 9.17) is 0 Å². The number of carbonyl (C=O) groups is 2. The van der Waals surface area contributed by atoms with Gasteiger partial charge in [-0.3, -0.25) is 0 Å². The first kappa shape index (κ1) is 16.4. The zero-order chi connectivity index (χ0) is 15.2. The fourth-order valence-corrected chi connectivity index (χ4v) is 2.13. The van der Waals surface area contributed by atoms with Gasteiger partial charge in [0, 0.05) is 0 Å². The molecule has 2 unspecified atom stereocenters. The van der Waals surface area contributed by atoms with E-state index in [1.54, 1.807) is 0 Å². The number of carbonyl (C=O) groups excluding carboxylic acids is 2. The quantitative estimate of drug-likeness (QED) is 0.166. The van der Waals surface area contributed by atoms with Gasteiger partial charge in [-0.05, 0) is 0 Å². The number of ether oxygens (including phenoxy) is 4. The van der Waals surface area contributed by atoms with Crippen LogP contribution < -0.4 is 21.8 Å². The van der Waals surface area contributed by atoms with E-state index in [9.17, 15) is 20.0 Å². The van der Waals surface area contributed by atoms with Gasteiger partial charge in [0.05, 0.1) is 0 Å². The number of halogens is 1. The van der Waals surface area contributed by atoms with Crippen LogP contribution in [0.3, 0.4) is 0 Å². The van der Waals surface area contributed by atoms with Crippen molar-refractivity contribution in [2.75, 3.05) is 26.4 Å². The van der Waals surface area contributed by atoms with Gasteiger partial charge in [0.25, 0.3) is 0 Å². The van der Waals surface area contributed by atoms with E-state index in [-0.39, 0.29) is 33.3 Å². The molecule has 0 aromatic heterocycles. The summed E-state index contributed by atoms with van der Waals surface area (Å²) in [6, 6.07) is 0. The van der Waals surface area contributed by atoms with Crippen molar-refractivity contribution in [2.24, 2.45) is 0 Å². The molecule has 0 spiro atoms. The van der Waals surface area contributed by atoms with Gasteiger partial charge < -0.3 is 0 Å². The van der Waals surface area contributed by atoms with Gasteiger partial charge in [0.2, 0.25) is 0 Å². The zero-order valence-corrected chi connectivity index (χ0v) is 12.5. The van der Waals surface area contributed by atoms with Gasteiger partial charge in [-0.1, -0.05) is 0 Å². The standard InChI is InChI=1S/C8H10IN2O10/c12-7-16-1-5(20-7)3-18-10(14)9-11(15)19-4-6-2-17-8(13)21-6/h5-6H,1-4H2/q-3. The van der Waals surface area contributed by atoms with Gasteiger partial charge in [0.15, 0.2) is 0 Å². The van der Waals surface area contributed by atoms with E-state index < -0.39 is 46.3 Å².